The lowest BCUT2D eigenvalue weighted by atomic mass is 10.1. The molecular weight excluding hydrogens is 242 g/mol. The third kappa shape index (κ3) is 2.65. The summed E-state index contributed by atoms with van der Waals surface area (Å²) >= 11 is 5.77. The number of aryl methyl sites for hydroxylation is 1. The van der Waals surface area contributed by atoms with Crippen LogP contribution in [-0.2, 0) is 6.42 Å². The smallest absolute Gasteiger partial charge is 0.373 e. The van der Waals surface area contributed by atoms with E-state index in [4.69, 9.17) is 21.1 Å². The Kier molecular flexibility index (Phi) is 3.15. The predicted molar refractivity (Wildman–Crippen MR) is 62.5 cm³/mol. The van der Waals surface area contributed by atoms with Gasteiger partial charge in [0, 0.05) is 11.4 Å². The Hall–Kier alpha value is -1.81. The second kappa shape index (κ2) is 4.59. The minimum Gasteiger partial charge on any atom is -0.475 e. The number of aromatic nitrogens is 1. The van der Waals surface area contributed by atoms with Crippen LogP contribution < -0.4 is 0 Å². The lowest BCUT2D eigenvalue weighted by Gasteiger charge is -1.96. The first-order chi connectivity index (χ1) is 8.06. The highest BCUT2D eigenvalue weighted by molar-refractivity contribution is 6.30. The molecule has 0 saturated carbocycles. The van der Waals surface area contributed by atoms with Crippen molar-refractivity contribution >= 4 is 17.6 Å². The summed E-state index contributed by atoms with van der Waals surface area (Å²) in [6, 6.07) is 7.24. The summed E-state index contributed by atoms with van der Waals surface area (Å²) in [5.41, 5.74) is 1.36. The molecule has 5 heteroatoms. The van der Waals surface area contributed by atoms with Gasteiger partial charge in [0.2, 0.25) is 5.76 Å². The number of benzene rings is 1. The minimum absolute atomic E-state index is 0.103. The molecule has 0 aliphatic rings. The highest BCUT2D eigenvalue weighted by atomic mass is 35.5. The lowest BCUT2D eigenvalue weighted by Crippen LogP contribution is -1.95. The van der Waals surface area contributed by atoms with Crippen molar-refractivity contribution in [3.63, 3.8) is 0 Å². The standard InChI is InChI=1S/C12H10ClNO3/c1-7-11(12(15)16)17-10(14-7)6-8-2-4-9(13)5-3-8/h2-5H,6H2,1H3,(H,15,16). The number of carboxylic acids is 1. The van der Waals surface area contributed by atoms with E-state index < -0.39 is 5.97 Å². The largest absolute Gasteiger partial charge is 0.475 e. The molecule has 0 atom stereocenters. The van der Waals surface area contributed by atoms with Crippen LogP contribution in [0.5, 0.6) is 0 Å². The van der Waals surface area contributed by atoms with Crippen molar-refractivity contribution in [3.8, 4) is 0 Å². The summed E-state index contributed by atoms with van der Waals surface area (Å²) in [5.74, 6) is -0.812. The van der Waals surface area contributed by atoms with Crippen molar-refractivity contribution in [3.05, 3.63) is 52.2 Å². The second-order valence-electron chi connectivity index (χ2n) is 3.63. The molecule has 2 rings (SSSR count). The van der Waals surface area contributed by atoms with E-state index in [1.165, 1.54) is 0 Å². The van der Waals surface area contributed by atoms with Gasteiger partial charge in [-0.3, -0.25) is 0 Å². The highest BCUT2D eigenvalue weighted by Gasteiger charge is 2.16. The van der Waals surface area contributed by atoms with Gasteiger partial charge < -0.3 is 9.52 Å². The molecule has 1 aromatic carbocycles. The van der Waals surface area contributed by atoms with Crippen molar-refractivity contribution < 1.29 is 14.3 Å². The third-order valence-corrected chi connectivity index (χ3v) is 2.56. The molecule has 0 unspecified atom stereocenters. The van der Waals surface area contributed by atoms with E-state index in [0.717, 1.165) is 5.56 Å². The fraction of sp³-hybridized carbons (Fsp3) is 0.167. The fourth-order valence-corrected chi connectivity index (χ4v) is 1.63. The summed E-state index contributed by atoms with van der Waals surface area (Å²) in [4.78, 5) is 14.9. The molecule has 0 aliphatic heterocycles. The number of oxazole rings is 1. The molecule has 17 heavy (non-hydrogen) atoms. The van der Waals surface area contributed by atoms with E-state index in [0.29, 0.717) is 23.0 Å². The molecule has 0 radical (unpaired) electrons. The van der Waals surface area contributed by atoms with Crippen molar-refractivity contribution in [2.45, 2.75) is 13.3 Å². The predicted octanol–water partition coefficient (Wildman–Crippen LogP) is 2.93. The monoisotopic (exact) mass is 251 g/mol. The van der Waals surface area contributed by atoms with Gasteiger partial charge in [0.15, 0.2) is 5.89 Å². The zero-order chi connectivity index (χ0) is 12.4. The van der Waals surface area contributed by atoms with Gasteiger partial charge in [-0.1, -0.05) is 23.7 Å². The van der Waals surface area contributed by atoms with Crippen molar-refractivity contribution in [2.24, 2.45) is 0 Å². The molecule has 0 aliphatic carbocycles. The van der Waals surface area contributed by atoms with Crippen molar-refractivity contribution in [1.29, 1.82) is 0 Å². The zero-order valence-electron chi connectivity index (χ0n) is 9.11. The van der Waals surface area contributed by atoms with Gasteiger partial charge in [0.1, 0.15) is 0 Å². The van der Waals surface area contributed by atoms with Crippen LogP contribution in [0.25, 0.3) is 0 Å². The van der Waals surface area contributed by atoms with Crippen LogP contribution in [0.3, 0.4) is 0 Å². The van der Waals surface area contributed by atoms with Crippen LogP contribution in [0, 0.1) is 6.92 Å². The van der Waals surface area contributed by atoms with Gasteiger partial charge in [-0.05, 0) is 24.6 Å². The first-order valence-electron chi connectivity index (χ1n) is 5.00. The number of hydrogen-bond acceptors (Lipinski definition) is 3. The van der Waals surface area contributed by atoms with Crippen molar-refractivity contribution in [1.82, 2.24) is 4.98 Å². The van der Waals surface area contributed by atoms with E-state index in [9.17, 15) is 4.79 Å². The quantitative estimate of drug-likeness (QED) is 0.911. The molecule has 2 aromatic rings. The molecule has 0 fully saturated rings. The van der Waals surface area contributed by atoms with Gasteiger partial charge >= 0.3 is 5.97 Å². The SMILES string of the molecule is Cc1nc(Cc2ccc(Cl)cc2)oc1C(=O)O. The number of carboxylic acid groups (broad SMARTS) is 1. The summed E-state index contributed by atoms with van der Waals surface area (Å²) in [6.07, 6.45) is 0.450. The van der Waals surface area contributed by atoms with Crippen molar-refractivity contribution in [2.75, 3.05) is 0 Å². The molecule has 0 bridgehead atoms. The van der Waals surface area contributed by atoms with E-state index in [-0.39, 0.29) is 5.76 Å². The van der Waals surface area contributed by atoms with E-state index in [2.05, 4.69) is 4.98 Å². The topological polar surface area (TPSA) is 63.3 Å². The van der Waals surface area contributed by atoms with Crippen LogP contribution in [0.1, 0.15) is 27.7 Å². The Morgan fingerprint density at radius 1 is 1.41 bits per heavy atom. The molecule has 0 spiro atoms. The second-order valence-corrected chi connectivity index (χ2v) is 4.07. The number of carbonyl (C=O) groups is 1. The van der Waals surface area contributed by atoms with Gasteiger partial charge in [0.05, 0.1) is 5.69 Å². The number of rotatable bonds is 3. The molecule has 4 nitrogen and oxygen atoms in total. The van der Waals surface area contributed by atoms with Crippen LogP contribution in [0.4, 0.5) is 0 Å². The van der Waals surface area contributed by atoms with E-state index in [1.54, 1.807) is 19.1 Å². The first-order valence-corrected chi connectivity index (χ1v) is 5.38. The molecule has 1 aromatic heterocycles. The van der Waals surface area contributed by atoms with E-state index in [1.807, 2.05) is 12.1 Å². The molecule has 1 heterocycles. The number of nitrogens with zero attached hydrogens (tertiary/aromatic N) is 1. The van der Waals surface area contributed by atoms with E-state index >= 15 is 0 Å². The Balaban J connectivity index is 2.22. The fourth-order valence-electron chi connectivity index (χ4n) is 1.50. The minimum atomic E-state index is -1.10. The maximum atomic E-state index is 10.8. The zero-order valence-corrected chi connectivity index (χ0v) is 9.86. The summed E-state index contributed by atoms with van der Waals surface area (Å²) < 4.78 is 5.17. The molecule has 1 N–H and O–H groups in total. The average Bonchev–Trinajstić information content (AvgIpc) is 2.63. The number of hydrogen-bond donors (Lipinski definition) is 1. The normalized spacial score (nSPS) is 10.5. The summed E-state index contributed by atoms with van der Waals surface area (Å²) in [6.45, 7) is 1.61. The number of halogens is 1. The Morgan fingerprint density at radius 3 is 2.59 bits per heavy atom. The third-order valence-electron chi connectivity index (χ3n) is 2.30. The Bertz CT molecular complexity index is 545. The molecule has 0 amide bonds. The van der Waals surface area contributed by atoms with Crippen LogP contribution in [0.2, 0.25) is 5.02 Å². The molecule has 88 valence electrons. The van der Waals surface area contributed by atoms with Crippen LogP contribution in [-0.4, -0.2) is 16.1 Å². The summed E-state index contributed by atoms with van der Waals surface area (Å²) in [5, 5.41) is 9.49. The average molecular weight is 252 g/mol. The maximum Gasteiger partial charge on any atom is 0.373 e. The van der Waals surface area contributed by atoms with Crippen LogP contribution in [0.15, 0.2) is 28.7 Å². The number of aromatic carboxylic acids is 1. The highest BCUT2D eigenvalue weighted by Crippen LogP contribution is 2.16. The van der Waals surface area contributed by atoms with Crippen LogP contribution >= 0.6 is 11.6 Å². The van der Waals surface area contributed by atoms with Gasteiger partial charge in [-0.25, -0.2) is 9.78 Å². The van der Waals surface area contributed by atoms with Gasteiger partial charge in [0.25, 0.3) is 0 Å². The summed E-state index contributed by atoms with van der Waals surface area (Å²) in [7, 11) is 0. The Morgan fingerprint density at radius 2 is 2.06 bits per heavy atom. The first kappa shape index (κ1) is 11.7. The van der Waals surface area contributed by atoms with Gasteiger partial charge in [-0.15, -0.1) is 0 Å². The maximum absolute atomic E-state index is 10.8. The van der Waals surface area contributed by atoms with Gasteiger partial charge in [-0.2, -0.15) is 0 Å². The molecule has 0 saturated heterocycles. The lowest BCUT2D eigenvalue weighted by molar-refractivity contribution is 0.0659. The Labute approximate surface area is 103 Å². The molecular formula is C12H10ClNO3.